The normalized spacial score (nSPS) is 26.6. The minimum Gasteiger partial charge on any atom is -0.735 e. The fraction of sp³-hybridized carbons (Fsp3) is 1.00. The Bertz CT molecular complexity index is 283. The van der Waals surface area contributed by atoms with E-state index in [9.17, 15) is 21.8 Å². The first kappa shape index (κ1) is 14.3. The van der Waals surface area contributed by atoms with Crippen LogP contribution in [0.4, 0.5) is 8.78 Å². The summed E-state index contributed by atoms with van der Waals surface area (Å²) < 4.78 is 57.6. The Hall–Kier alpha value is 0.327. The van der Waals surface area contributed by atoms with Crippen molar-refractivity contribution in [1.82, 2.24) is 4.72 Å². The van der Waals surface area contributed by atoms with Gasteiger partial charge in [-0.05, 0) is 12.8 Å². The first-order chi connectivity index (χ1) is 5.79. The maximum Gasteiger partial charge on any atom is 1.00 e. The number of nitrogens with one attached hydrogen (secondary N) is 1. The third-order valence-electron chi connectivity index (χ3n) is 1.95. The van der Waals surface area contributed by atoms with Crippen molar-refractivity contribution < 1.29 is 40.6 Å². The van der Waals surface area contributed by atoms with E-state index in [1.807, 2.05) is 0 Å². The van der Waals surface area contributed by atoms with Crippen LogP contribution in [0.2, 0.25) is 0 Å². The Morgan fingerprint density at radius 1 is 1.43 bits per heavy atom. The van der Waals surface area contributed by atoms with Crippen LogP contribution in [0.3, 0.4) is 0 Å². The molecule has 1 aliphatic carbocycles. The minimum absolute atomic E-state index is 0. The standard InChI is InChI=1S/C6H11F2NO3S.Li/c7-6(8)3-1-2-5(4-6)9-13(10,11)12;/h5,9H,1-4H2,(H,10,11,12);/q;+1/p-1. The van der Waals surface area contributed by atoms with Gasteiger partial charge in [-0.1, -0.05) is 0 Å². The quantitative estimate of drug-likeness (QED) is 0.418. The van der Waals surface area contributed by atoms with Gasteiger partial charge in [0.2, 0.25) is 5.92 Å². The molecule has 1 aliphatic rings. The molecule has 14 heavy (non-hydrogen) atoms. The maximum absolute atomic E-state index is 12.7. The van der Waals surface area contributed by atoms with Crippen LogP contribution in [0.25, 0.3) is 0 Å². The van der Waals surface area contributed by atoms with Crippen molar-refractivity contribution in [3.05, 3.63) is 0 Å². The van der Waals surface area contributed by atoms with E-state index in [0.29, 0.717) is 6.42 Å². The summed E-state index contributed by atoms with van der Waals surface area (Å²) in [5.74, 6) is -2.85. The number of hydrogen-bond donors (Lipinski definition) is 1. The Balaban J connectivity index is 0.00000169. The number of rotatable bonds is 2. The van der Waals surface area contributed by atoms with Crippen LogP contribution in [-0.2, 0) is 10.3 Å². The van der Waals surface area contributed by atoms with Crippen molar-refractivity contribution in [3.63, 3.8) is 0 Å². The predicted molar refractivity (Wildman–Crippen MR) is 40.0 cm³/mol. The molecule has 1 saturated carbocycles. The van der Waals surface area contributed by atoms with Gasteiger partial charge >= 0.3 is 18.9 Å². The van der Waals surface area contributed by atoms with Crippen LogP contribution >= 0.6 is 0 Å². The molecule has 8 heteroatoms. The van der Waals surface area contributed by atoms with Gasteiger partial charge in [-0.2, -0.15) is 0 Å². The summed E-state index contributed by atoms with van der Waals surface area (Å²) in [6.07, 6.45) is -0.268. The van der Waals surface area contributed by atoms with Gasteiger partial charge in [0.05, 0.1) is 0 Å². The van der Waals surface area contributed by atoms with Gasteiger partial charge < -0.3 is 4.55 Å². The molecule has 1 fully saturated rings. The van der Waals surface area contributed by atoms with Gasteiger partial charge in [-0.25, -0.2) is 21.9 Å². The predicted octanol–water partition coefficient (Wildman–Crippen LogP) is -2.38. The zero-order valence-corrected chi connectivity index (χ0v) is 8.61. The van der Waals surface area contributed by atoms with Crippen molar-refractivity contribution >= 4 is 10.3 Å². The average molecular weight is 221 g/mol. The van der Waals surface area contributed by atoms with E-state index in [2.05, 4.69) is 0 Å². The third-order valence-corrected chi connectivity index (χ3v) is 2.57. The summed E-state index contributed by atoms with van der Waals surface area (Å²) in [5, 5.41) is 0. The van der Waals surface area contributed by atoms with Crippen molar-refractivity contribution in [2.24, 2.45) is 0 Å². The molecule has 1 rings (SSSR count). The maximum atomic E-state index is 12.7. The first-order valence-electron chi connectivity index (χ1n) is 3.89. The summed E-state index contributed by atoms with van der Waals surface area (Å²) in [4.78, 5) is 0. The van der Waals surface area contributed by atoms with Gasteiger partial charge in [0.25, 0.3) is 0 Å². The molecule has 1 atom stereocenters. The van der Waals surface area contributed by atoms with Gasteiger partial charge in [-0.15, -0.1) is 0 Å². The summed E-state index contributed by atoms with van der Waals surface area (Å²) in [6.45, 7) is 0. The van der Waals surface area contributed by atoms with E-state index >= 15 is 0 Å². The van der Waals surface area contributed by atoms with E-state index in [1.54, 1.807) is 4.72 Å². The van der Waals surface area contributed by atoms with Crippen LogP contribution in [0, 0.1) is 0 Å². The molecule has 0 aliphatic heterocycles. The molecule has 1 unspecified atom stereocenters. The fourth-order valence-electron chi connectivity index (χ4n) is 1.48. The van der Waals surface area contributed by atoms with Gasteiger partial charge in [0, 0.05) is 18.9 Å². The van der Waals surface area contributed by atoms with Gasteiger partial charge in [-0.3, -0.25) is 0 Å². The smallest absolute Gasteiger partial charge is 0.735 e. The second kappa shape index (κ2) is 4.90. The van der Waals surface area contributed by atoms with Crippen LogP contribution in [0.15, 0.2) is 0 Å². The Labute approximate surface area is 93.5 Å². The molecule has 0 spiro atoms. The molecule has 0 aromatic rings. The van der Waals surface area contributed by atoms with E-state index in [0.717, 1.165) is 0 Å². The summed E-state index contributed by atoms with van der Waals surface area (Å²) in [7, 11) is -4.61. The molecule has 0 radical (unpaired) electrons. The van der Waals surface area contributed by atoms with Gasteiger partial charge in [0.1, 0.15) is 0 Å². The minimum atomic E-state index is -4.61. The second-order valence-corrected chi connectivity index (χ2v) is 4.37. The monoisotopic (exact) mass is 221 g/mol. The van der Waals surface area contributed by atoms with Crippen molar-refractivity contribution in [2.75, 3.05) is 0 Å². The number of alkyl halides is 2. The van der Waals surface area contributed by atoms with Crippen LogP contribution in [0.5, 0.6) is 0 Å². The molecule has 78 valence electrons. The molecule has 0 heterocycles. The van der Waals surface area contributed by atoms with Crippen LogP contribution in [-0.4, -0.2) is 24.9 Å². The van der Waals surface area contributed by atoms with Gasteiger partial charge in [0.15, 0.2) is 10.3 Å². The molecular formula is C6H10F2LiNO3S. The summed E-state index contributed by atoms with van der Waals surface area (Å²) >= 11 is 0. The molecule has 0 aromatic carbocycles. The molecule has 0 bridgehead atoms. The van der Waals surface area contributed by atoms with E-state index in [4.69, 9.17) is 0 Å². The van der Waals surface area contributed by atoms with E-state index in [-0.39, 0.29) is 31.7 Å². The summed E-state index contributed by atoms with van der Waals surface area (Å²) in [6, 6.07) is -0.911. The summed E-state index contributed by atoms with van der Waals surface area (Å²) in [5.41, 5.74) is 0. The molecule has 1 N–H and O–H groups in total. The SMILES string of the molecule is O=S(=O)([O-])NC1CCCC(F)(F)C1.[Li+]. The number of hydrogen-bond acceptors (Lipinski definition) is 3. The topological polar surface area (TPSA) is 69.2 Å². The van der Waals surface area contributed by atoms with Crippen molar-refractivity contribution in [3.8, 4) is 0 Å². The fourth-order valence-corrected chi connectivity index (χ4v) is 2.09. The zero-order chi connectivity index (χ0) is 10.1. The molecule has 0 amide bonds. The third kappa shape index (κ3) is 5.27. The van der Waals surface area contributed by atoms with E-state index < -0.39 is 28.7 Å². The zero-order valence-electron chi connectivity index (χ0n) is 7.79. The van der Waals surface area contributed by atoms with Crippen LogP contribution < -0.4 is 23.6 Å². The molecule has 0 aromatic heterocycles. The molecule has 4 nitrogen and oxygen atoms in total. The average Bonchev–Trinajstić information content (AvgIpc) is 1.79. The Kier molecular flexibility index (Phi) is 5.02. The van der Waals surface area contributed by atoms with E-state index in [1.165, 1.54) is 0 Å². The van der Waals surface area contributed by atoms with Crippen LogP contribution in [0.1, 0.15) is 25.7 Å². The van der Waals surface area contributed by atoms with Crippen molar-refractivity contribution in [2.45, 2.75) is 37.6 Å². The molecule has 0 saturated heterocycles. The number of halogens is 2. The largest absolute Gasteiger partial charge is 1.00 e. The van der Waals surface area contributed by atoms with Crippen molar-refractivity contribution in [1.29, 1.82) is 0 Å². The first-order valence-corrected chi connectivity index (χ1v) is 5.30. The molecular weight excluding hydrogens is 211 g/mol. The Morgan fingerprint density at radius 2 is 2.00 bits per heavy atom. The Morgan fingerprint density at radius 3 is 2.43 bits per heavy atom. The second-order valence-electron chi connectivity index (χ2n) is 3.22.